The van der Waals surface area contributed by atoms with E-state index >= 15 is 0 Å². The second-order valence-electron chi connectivity index (χ2n) is 20.3. The number of aromatic nitrogens is 2. The second kappa shape index (κ2) is 17.1. The normalized spacial score (nSPS) is 13.0. The van der Waals surface area contributed by atoms with E-state index in [2.05, 4.69) is 247 Å². The van der Waals surface area contributed by atoms with E-state index in [9.17, 15) is 0 Å². The molecule has 0 saturated carbocycles. The summed E-state index contributed by atoms with van der Waals surface area (Å²) in [6.07, 6.45) is 1.91. The van der Waals surface area contributed by atoms with Crippen LogP contribution in [0.2, 0.25) is 0 Å². The molecular weight excluding hydrogens is 988 g/mol. The zero-order valence-electron chi connectivity index (χ0n) is 39.2. The molecule has 0 N–H and O–H groups in total. The molecule has 0 spiro atoms. The number of hydrogen-bond donors (Lipinski definition) is 0. The Morgan fingerprint density at radius 1 is 0.500 bits per heavy atom. The predicted molar refractivity (Wildman–Crippen MR) is 271 cm³/mol. The minimum atomic E-state index is -0.169. The maximum absolute atomic E-state index is 6.83. The first-order chi connectivity index (χ1) is 31.1. The molecule has 9 aromatic rings. The number of ether oxygens (including phenoxy) is 1. The van der Waals surface area contributed by atoms with E-state index in [0.717, 1.165) is 61.5 Å². The van der Waals surface area contributed by atoms with E-state index < -0.39 is 0 Å². The van der Waals surface area contributed by atoms with Crippen molar-refractivity contribution in [1.82, 2.24) is 9.55 Å². The van der Waals surface area contributed by atoms with Crippen LogP contribution in [-0.4, -0.2) is 9.55 Å². The first kappa shape index (κ1) is 44.8. The summed E-state index contributed by atoms with van der Waals surface area (Å²) >= 11 is 0. The average Bonchev–Trinajstić information content (AvgIpc) is 3.84. The van der Waals surface area contributed by atoms with Gasteiger partial charge in [0, 0.05) is 61.3 Å². The van der Waals surface area contributed by atoms with Gasteiger partial charge in [0.2, 0.25) is 0 Å². The minimum absolute atomic E-state index is 0. The zero-order chi connectivity index (χ0) is 45.3. The van der Waals surface area contributed by atoms with E-state index in [1.165, 1.54) is 27.8 Å². The molecule has 1 aliphatic heterocycles. The summed E-state index contributed by atoms with van der Waals surface area (Å²) in [5.74, 6) is 2.09. The monoisotopic (exact) mass is 1040 g/mol. The average molecular weight is 1040 g/mol. The molecule has 1 aliphatic rings. The molecule has 10 rings (SSSR count). The predicted octanol–water partition coefficient (Wildman–Crippen LogP) is 16.2. The Morgan fingerprint density at radius 3 is 1.91 bits per heavy atom. The molecule has 0 saturated heterocycles. The number of pyridine rings is 1. The van der Waals surface area contributed by atoms with Crippen LogP contribution in [0.1, 0.15) is 79.0 Å². The molecule has 0 fully saturated rings. The van der Waals surface area contributed by atoms with E-state index in [1.807, 2.05) is 12.3 Å². The summed E-state index contributed by atoms with van der Waals surface area (Å²) in [5.41, 5.74) is 14.4. The van der Waals surface area contributed by atoms with Crippen molar-refractivity contribution >= 4 is 44.6 Å². The van der Waals surface area contributed by atoms with Gasteiger partial charge in [0.25, 0.3) is 0 Å². The van der Waals surface area contributed by atoms with Crippen molar-refractivity contribution in [3.63, 3.8) is 0 Å². The standard InChI is InChI=1S/C60H55N4O.Pt/c1-58(2,3)42-26-28-49(52(35-42)40-18-11-10-12-19-40)41-20-17-21-45(32-41)62-39-63(55-25-16-15-24-54(55)62)46-33-44(60(7,8)9)34-48(37-46)65-47-27-29-51-50-22-13-14-23-53(50)64(56(51)38-47)57-36-43(30-31-61-57)59(4,5)6;/h10-36,39H,1-9H3;/q-3;. The van der Waals surface area contributed by atoms with Crippen molar-refractivity contribution in [3.05, 3.63) is 199 Å². The number of fused-ring (bicyclic) bond motifs is 4. The molecule has 66 heavy (non-hydrogen) atoms. The Bertz CT molecular complexity index is 3240. The first-order valence-electron chi connectivity index (χ1n) is 22.6. The van der Waals surface area contributed by atoms with Crippen molar-refractivity contribution in [2.75, 3.05) is 9.80 Å². The molecule has 5 nitrogen and oxygen atoms in total. The number of rotatable bonds is 7. The molecule has 0 amide bonds. The van der Waals surface area contributed by atoms with Gasteiger partial charge < -0.3 is 19.1 Å². The Hall–Kier alpha value is -6.42. The number of para-hydroxylation sites is 3. The Balaban J connectivity index is 0.00000548. The van der Waals surface area contributed by atoms with Gasteiger partial charge in [0.05, 0.1) is 0 Å². The van der Waals surface area contributed by atoms with Crippen LogP contribution in [0, 0.1) is 18.8 Å². The van der Waals surface area contributed by atoms with Crippen LogP contribution in [0.3, 0.4) is 0 Å². The summed E-state index contributed by atoms with van der Waals surface area (Å²) in [6.45, 7) is 22.4. The number of anilines is 4. The molecule has 2 aromatic heterocycles. The maximum atomic E-state index is 6.83. The second-order valence-corrected chi connectivity index (χ2v) is 20.3. The van der Waals surface area contributed by atoms with Gasteiger partial charge in [-0.3, -0.25) is 0 Å². The largest absolute Gasteiger partial charge is 0.509 e. The quantitative estimate of drug-likeness (QED) is 0.149. The van der Waals surface area contributed by atoms with Gasteiger partial charge in [-0.1, -0.05) is 159 Å². The Labute approximate surface area is 405 Å². The van der Waals surface area contributed by atoms with Crippen LogP contribution in [0.25, 0.3) is 49.9 Å². The number of nitrogens with zero attached hydrogens (tertiary/aromatic N) is 4. The third-order valence-corrected chi connectivity index (χ3v) is 12.6. The van der Waals surface area contributed by atoms with E-state index in [-0.39, 0.29) is 37.3 Å². The third-order valence-electron chi connectivity index (χ3n) is 12.6. The van der Waals surface area contributed by atoms with E-state index in [0.29, 0.717) is 11.5 Å². The molecule has 6 heteroatoms. The molecule has 3 heterocycles. The fourth-order valence-corrected chi connectivity index (χ4v) is 8.90. The van der Waals surface area contributed by atoms with Crippen molar-refractivity contribution in [2.45, 2.75) is 78.6 Å². The molecule has 0 aliphatic carbocycles. The third kappa shape index (κ3) is 8.46. The Kier molecular flexibility index (Phi) is 11.6. The van der Waals surface area contributed by atoms with E-state index in [1.54, 1.807) is 0 Å². The Morgan fingerprint density at radius 2 is 1.17 bits per heavy atom. The van der Waals surface area contributed by atoms with Gasteiger partial charge in [0.15, 0.2) is 0 Å². The van der Waals surface area contributed by atoms with Crippen molar-refractivity contribution in [1.29, 1.82) is 0 Å². The summed E-state index contributed by atoms with van der Waals surface area (Å²) in [6, 6.07) is 63.8. The van der Waals surface area contributed by atoms with Crippen LogP contribution in [0.15, 0.2) is 164 Å². The summed E-state index contributed by atoms with van der Waals surface area (Å²) in [4.78, 5) is 9.40. The molecule has 0 unspecified atom stereocenters. The van der Waals surface area contributed by atoms with E-state index in [4.69, 9.17) is 9.72 Å². The number of benzene rings is 7. The van der Waals surface area contributed by atoms with Gasteiger partial charge in [-0.25, -0.2) is 4.98 Å². The van der Waals surface area contributed by atoms with Crippen LogP contribution >= 0.6 is 0 Å². The summed E-state index contributed by atoms with van der Waals surface area (Å²) in [5, 5.41) is 2.24. The van der Waals surface area contributed by atoms with Gasteiger partial charge in [0.1, 0.15) is 5.82 Å². The van der Waals surface area contributed by atoms with Gasteiger partial charge in [-0.05, 0) is 97.5 Å². The molecule has 7 aromatic carbocycles. The smallest absolute Gasteiger partial charge is 0.135 e. The van der Waals surface area contributed by atoms with Crippen LogP contribution in [-0.2, 0) is 37.3 Å². The van der Waals surface area contributed by atoms with Crippen molar-refractivity contribution in [2.24, 2.45) is 0 Å². The molecule has 334 valence electrons. The molecule has 0 radical (unpaired) electrons. The summed E-state index contributed by atoms with van der Waals surface area (Å²) in [7, 11) is 0. The van der Waals surface area contributed by atoms with Gasteiger partial charge in [-0.15, -0.1) is 53.6 Å². The van der Waals surface area contributed by atoms with Crippen molar-refractivity contribution < 1.29 is 25.8 Å². The fraction of sp³-hybridized carbons (Fsp3) is 0.200. The first-order valence-corrected chi connectivity index (χ1v) is 22.6. The van der Waals surface area contributed by atoms with Crippen LogP contribution in [0.4, 0.5) is 22.7 Å². The van der Waals surface area contributed by atoms with Crippen LogP contribution < -0.4 is 14.5 Å². The fourth-order valence-electron chi connectivity index (χ4n) is 8.90. The van der Waals surface area contributed by atoms with Gasteiger partial charge >= 0.3 is 0 Å². The van der Waals surface area contributed by atoms with Gasteiger partial charge in [-0.2, -0.15) is 6.07 Å². The molecule has 0 atom stereocenters. The zero-order valence-corrected chi connectivity index (χ0v) is 41.5. The topological polar surface area (TPSA) is 33.5 Å². The SMILES string of the molecule is CC(C)(C)c1cc(Oc2[c-]c3c(cc2)c2ccccc2n3-c2cc(C(C)(C)C)ccn2)[c-]c(N2[CH-]N(c3cccc(-c4ccc(C(C)(C)C)cc4-c4ccccc4)c3)c3ccccc32)c1.[Pt]. The minimum Gasteiger partial charge on any atom is -0.509 e. The van der Waals surface area contributed by atoms with Crippen LogP contribution in [0.5, 0.6) is 11.5 Å². The summed E-state index contributed by atoms with van der Waals surface area (Å²) < 4.78 is 9.03. The van der Waals surface area contributed by atoms with Crippen molar-refractivity contribution in [3.8, 4) is 39.6 Å². The number of hydrogen-bond acceptors (Lipinski definition) is 4. The maximum Gasteiger partial charge on any atom is 0.135 e. The molecule has 0 bridgehead atoms. The molecular formula is C60H55N4OPt-3.